The minimum atomic E-state index is 0.278. The van der Waals surface area contributed by atoms with Gasteiger partial charge in [-0.3, -0.25) is 0 Å². The fourth-order valence-corrected chi connectivity index (χ4v) is 2.50. The van der Waals surface area contributed by atoms with E-state index in [0.717, 1.165) is 16.0 Å². The van der Waals surface area contributed by atoms with E-state index in [-0.39, 0.29) is 5.75 Å². The van der Waals surface area contributed by atoms with Crippen molar-refractivity contribution in [1.29, 1.82) is 0 Å². The molecule has 0 bridgehead atoms. The fourth-order valence-electron chi connectivity index (χ4n) is 1.32. The summed E-state index contributed by atoms with van der Waals surface area (Å²) in [6.45, 7) is 1.99. The number of hydrogen-bond donors (Lipinski definition) is 1. The smallest absolute Gasteiger partial charge is 0.124 e. The first kappa shape index (κ1) is 9.56. The second kappa shape index (κ2) is 3.64. The zero-order valence-electron chi connectivity index (χ0n) is 7.62. The summed E-state index contributed by atoms with van der Waals surface area (Å²) in [5.41, 5.74) is 1.92. The topological polar surface area (TPSA) is 20.2 Å². The van der Waals surface area contributed by atoms with Gasteiger partial charge < -0.3 is 5.11 Å². The number of aromatic hydroxyl groups is 1. The Labute approximate surface area is 91.6 Å². The van der Waals surface area contributed by atoms with Crippen molar-refractivity contribution in [1.82, 2.24) is 0 Å². The molecular weight excluding hydrogens is 216 g/mol. The molecule has 0 aliphatic carbocycles. The van der Waals surface area contributed by atoms with Gasteiger partial charge in [-0.15, -0.1) is 11.3 Å². The van der Waals surface area contributed by atoms with Gasteiger partial charge in [0.25, 0.3) is 0 Å². The molecule has 0 aliphatic rings. The molecule has 1 aromatic heterocycles. The molecule has 2 aromatic rings. The van der Waals surface area contributed by atoms with Crippen molar-refractivity contribution in [2.24, 2.45) is 0 Å². The Balaban J connectivity index is 2.62. The van der Waals surface area contributed by atoms with Gasteiger partial charge in [0.15, 0.2) is 0 Å². The SMILES string of the molecule is Cc1ccc(O)c(-c2sccc2Cl)c1. The molecule has 0 unspecified atom stereocenters. The summed E-state index contributed by atoms with van der Waals surface area (Å²) in [6, 6.07) is 7.34. The molecular formula is C11H9ClOS. The van der Waals surface area contributed by atoms with Crippen molar-refractivity contribution in [3.8, 4) is 16.2 Å². The van der Waals surface area contributed by atoms with Crippen molar-refractivity contribution < 1.29 is 5.11 Å². The minimum absolute atomic E-state index is 0.278. The third-order valence-corrected chi connectivity index (χ3v) is 3.39. The summed E-state index contributed by atoms with van der Waals surface area (Å²) in [7, 11) is 0. The van der Waals surface area contributed by atoms with Gasteiger partial charge >= 0.3 is 0 Å². The van der Waals surface area contributed by atoms with Crippen LogP contribution in [0.25, 0.3) is 10.4 Å². The molecule has 1 aromatic carbocycles. The maximum atomic E-state index is 9.68. The molecule has 0 spiro atoms. The Kier molecular flexibility index (Phi) is 2.48. The first-order valence-electron chi connectivity index (χ1n) is 4.21. The van der Waals surface area contributed by atoms with E-state index in [1.54, 1.807) is 6.07 Å². The maximum Gasteiger partial charge on any atom is 0.124 e. The van der Waals surface area contributed by atoms with Gasteiger partial charge in [0.1, 0.15) is 5.75 Å². The fraction of sp³-hybridized carbons (Fsp3) is 0.0909. The number of thiophene rings is 1. The molecule has 0 saturated carbocycles. The third kappa shape index (κ3) is 1.63. The van der Waals surface area contributed by atoms with Crippen LogP contribution in [0.3, 0.4) is 0 Å². The lowest BCUT2D eigenvalue weighted by molar-refractivity contribution is 0.477. The molecule has 1 N–H and O–H groups in total. The number of benzene rings is 1. The monoisotopic (exact) mass is 224 g/mol. The van der Waals surface area contributed by atoms with Crippen LogP contribution in [0.2, 0.25) is 5.02 Å². The number of phenolic OH excluding ortho intramolecular Hbond substituents is 1. The normalized spacial score (nSPS) is 10.4. The number of hydrogen-bond acceptors (Lipinski definition) is 2. The molecule has 0 saturated heterocycles. The van der Waals surface area contributed by atoms with E-state index in [9.17, 15) is 5.11 Å². The maximum absolute atomic E-state index is 9.68. The van der Waals surface area contributed by atoms with Crippen molar-refractivity contribution in [3.63, 3.8) is 0 Å². The van der Waals surface area contributed by atoms with Crippen molar-refractivity contribution in [2.45, 2.75) is 6.92 Å². The predicted octanol–water partition coefficient (Wildman–Crippen LogP) is 4.08. The summed E-state index contributed by atoms with van der Waals surface area (Å²) in [6.07, 6.45) is 0. The van der Waals surface area contributed by atoms with Crippen LogP contribution in [0.1, 0.15) is 5.56 Å². The molecule has 1 heterocycles. The highest BCUT2D eigenvalue weighted by Crippen LogP contribution is 2.38. The number of halogens is 1. The molecule has 2 rings (SSSR count). The Bertz CT molecular complexity index is 462. The largest absolute Gasteiger partial charge is 0.507 e. The number of rotatable bonds is 1. The van der Waals surface area contributed by atoms with Crippen molar-refractivity contribution in [2.75, 3.05) is 0 Å². The third-order valence-electron chi connectivity index (χ3n) is 2.01. The highest BCUT2D eigenvalue weighted by Gasteiger charge is 2.09. The standard InChI is InChI=1S/C11H9ClOS/c1-7-2-3-10(13)8(6-7)11-9(12)4-5-14-11/h2-6,13H,1H3. The zero-order valence-corrected chi connectivity index (χ0v) is 9.19. The van der Waals surface area contributed by atoms with E-state index in [1.165, 1.54) is 11.3 Å². The minimum Gasteiger partial charge on any atom is -0.507 e. The van der Waals surface area contributed by atoms with Crippen LogP contribution in [0, 0.1) is 6.92 Å². The van der Waals surface area contributed by atoms with Gasteiger partial charge in [-0.25, -0.2) is 0 Å². The summed E-state index contributed by atoms with van der Waals surface area (Å²) in [5.74, 6) is 0.278. The molecule has 0 aliphatic heterocycles. The van der Waals surface area contributed by atoms with Gasteiger partial charge in [-0.1, -0.05) is 23.2 Å². The molecule has 0 radical (unpaired) electrons. The molecule has 0 atom stereocenters. The van der Waals surface area contributed by atoms with Gasteiger partial charge in [0, 0.05) is 5.56 Å². The van der Waals surface area contributed by atoms with E-state index >= 15 is 0 Å². The summed E-state index contributed by atoms with van der Waals surface area (Å²) >= 11 is 7.53. The summed E-state index contributed by atoms with van der Waals surface area (Å²) in [4.78, 5) is 0.924. The molecule has 0 fully saturated rings. The van der Waals surface area contributed by atoms with Crippen LogP contribution in [-0.4, -0.2) is 5.11 Å². The first-order valence-corrected chi connectivity index (χ1v) is 5.47. The van der Waals surface area contributed by atoms with Gasteiger partial charge in [-0.2, -0.15) is 0 Å². The first-order chi connectivity index (χ1) is 6.68. The average Bonchev–Trinajstić information content (AvgIpc) is 2.56. The van der Waals surface area contributed by atoms with Gasteiger partial charge in [-0.05, 0) is 30.5 Å². The lowest BCUT2D eigenvalue weighted by atomic mass is 10.1. The van der Waals surface area contributed by atoms with Crippen LogP contribution >= 0.6 is 22.9 Å². The summed E-state index contributed by atoms with van der Waals surface area (Å²) < 4.78 is 0. The lowest BCUT2D eigenvalue weighted by Gasteiger charge is -2.03. The van der Waals surface area contributed by atoms with E-state index in [2.05, 4.69) is 0 Å². The van der Waals surface area contributed by atoms with Crippen molar-refractivity contribution >= 4 is 22.9 Å². The number of aryl methyl sites for hydroxylation is 1. The number of phenols is 1. The van der Waals surface area contributed by atoms with Crippen LogP contribution in [0.4, 0.5) is 0 Å². The Morgan fingerprint density at radius 2 is 2.07 bits per heavy atom. The Hall–Kier alpha value is -0.990. The van der Waals surface area contributed by atoms with Crippen molar-refractivity contribution in [3.05, 3.63) is 40.2 Å². The quantitative estimate of drug-likeness (QED) is 0.774. The second-order valence-electron chi connectivity index (χ2n) is 3.12. The average molecular weight is 225 g/mol. The summed E-state index contributed by atoms with van der Waals surface area (Å²) in [5, 5.41) is 12.3. The predicted molar refractivity (Wildman–Crippen MR) is 61.2 cm³/mol. The van der Waals surface area contributed by atoms with Crippen LogP contribution in [-0.2, 0) is 0 Å². The zero-order chi connectivity index (χ0) is 10.1. The van der Waals surface area contributed by atoms with E-state index in [1.807, 2.05) is 30.5 Å². The molecule has 14 heavy (non-hydrogen) atoms. The molecule has 72 valence electrons. The van der Waals surface area contributed by atoms with E-state index < -0.39 is 0 Å². The highest BCUT2D eigenvalue weighted by atomic mass is 35.5. The van der Waals surface area contributed by atoms with Gasteiger partial charge in [0.2, 0.25) is 0 Å². The lowest BCUT2D eigenvalue weighted by Crippen LogP contribution is -1.78. The van der Waals surface area contributed by atoms with Crippen LogP contribution in [0.5, 0.6) is 5.75 Å². The van der Waals surface area contributed by atoms with E-state index in [4.69, 9.17) is 11.6 Å². The van der Waals surface area contributed by atoms with Gasteiger partial charge in [0.05, 0.1) is 9.90 Å². The highest BCUT2D eigenvalue weighted by molar-refractivity contribution is 7.14. The molecule has 0 amide bonds. The Morgan fingerprint density at radius 1 is 1.29 bits per heavy atom. The van der Waals surface area contributed by atoms with Crippen LogP contribution in [0.15, 0.2) is 29.6 Å². The van der Waals surface area contributed by atoms with Crippen LogP contribution < -0.4 is 0 Å². The van der Waals surface area contributed by atoms with E-state index in [0.29, 0.717) is 5.02 Å². The Morgan fingerprint density at radius 3 is 2.71 bits per heavy atom. The molecule has 3 heteroatoms. The molecule has 1 nitrogen and oxygen atoms in total. The second-order valence-corrected chi connectivity index (χ2v) is 4.44.